The standard InChI is InChI=1S/C18H30N2O4/c19-11-13-14(22-17(21-13)7-3-1-4-8-17)12(20)16-15(11)23-18(24-16)9-5-2-6-10-18/h11-16H,1-10,19-20H2/t11?,12?,13-,14-,15-,16+/m0/s1. The monoisotopic (exact) mass is 338 g/mol. The molecule has 6 nitrogen and oxygen atoms in total. The molecule has 2 heterocycles. The molecule has 0 aromatic carbocycles. The smallest absolute Gasteiger partial charge is 0.169 e. The molecule has 5 rings (SSSR count). The molecule has 0 bridgehead atoms. The summed E-state index contributed by atoms with van der Waals surface area (Å²) in [5.74, 6) is -0.937. The third kappa shape index (κ3) is 2.31. The highest BCUT2D eigenvalue weighted by atomic mass is 16.8. The Hall–Kier alpha value is -0.240. The number of nitrogens with two attached hydrogens (primary N) is 2. The molecule has 5 aliphatic rings. The van der Waals surface area contributed by atoms with Crippen molar-refractivity contribution in [1.29, 1.82) is 0 Å². The predicted molar refractivity (Wildman–Crippen MR) is 87.1 cm³/mol. The van der Waals surface area contributed by atoms with Crippen LogP contribution in [0.2, 0.25) is 0 Å². The lowest BCUT2D eigenvalue weighted by Gasteiger charge is -2.39. The molecule has 2 unspecified atom stereocenters. The predicted octanol–water partition coefficient (Wildman–Crippen LogP) is 1.54. The first-order chi connectivity index (χ1) is 11.6. The van der Waals surface area contributed by atoms with E-state index in [1.807, 2.05) is 0 Å². The second kappa shape index (κ2) is 5.63. The van der Waals surface area contributed by atoms with Gasteiger partial charge in [-0.15, -0.1) is 0 Å². The molecule has 5 fully saturated rings. The maximum atomic E-state index is 6.58. The van der Waals surface area contributed by atoms with E-state index in [1.54, 1.807) is 0 Å². The Morgan fingerprint density at radius 2 is 0.792 bits per heavy atom. The summed E-state index contributed by atoms with van der Waals surface area (Å²) in [4.78, 5) is 0. The first-order valence-corrected chi connectivity index (χ1v) is 9.84. The van der Waals surface area contributed by atoms with E-state index in [4.69, 9.17) is 30.4 Å². The van der Waals surface area contributed by atoms with Crippen LogP contribution >= 0.6 is 0 Å². The van der Waals surface area contributed by atoms with E-state index < -0.39 is 11.6 Å². The van der Waals surface area contributed by atoms with E-state index in [0.29, 0.717) is 0 Å². The fourth-order valence-corrected chi connectivity index (χ4v) is 5.53. The van der Waals surface area contributed by atoms with Crippen LogP contribution in [0.5, 0.6) is 0 Å². The molecule has 0 aromatic rings. The van der Waals surface area contributed by atoms with Gasteiger partial charge in [0.15, 0.2) is 11.6 Å². The highest BCUT2D eigenvalue weighted by Crippen LogP contribution is 2.49. The van der Waals surface area contributed by atoms with Crippen molar-refractivity contribution < 1.29 is 18.9 Å². The molecule has 6 heteroatoms. The Bertz CT molecular complexity index is 417. The average molecular weight is 338 g/mol. The van der Waals surface area contributed by atoms with Gasteiger partial charge in [-0.1, -0.05) is 12.8 Å². The van der Waals surface area contributed by atoms with E-state index in [9.17, 15) is 0 Å². The van der Waals surface area contributed by atoms with Gasteiger partial charge in [-0.2, -0.15) is 0 Å². The maximum Gasteiger partial charge on any atom is 0.169 e. The van der Waals surface area contributed by atoms with Crippen molar-refractivity contribution in [3.63, 3.8) is 0 Å². The van der Waals surface area contributed by atoms with Gasteiger partial charge in [-0.05, 0) is 25.7 Å². The number of hydrogen-bond donors (Lipinski definition) is 2. The highest BCUT2D eigenvalue weighted by molar-refractivity contribution is 5.12. The fourth-order valence-electron chi connectivity index (χ4n) is 5.53. The second-order valence-corrected chi connectivity index (χ2v) is 8.43. The zero-order valence-electron chi connectivity index (χ0n) is 14.3. The summed E-state index contributed by atoms with van der Waals surface area (Å²) in [6, 6.07) is -0.468. The molecule has 2 saturated heterocycles. The van der Waals surface area contributed by atoms with Crippen LogP contribution in [0.4, 0.5) is 0 Å². The lowest BCUT2D eigenvalue weighted by Crippen LogP contribution is -2.67. The van der Waals surface area contributed by atoms with E-state index in [0.717, 1.165) is 51.4 Å². The molecule has 136 valence electrons. The van der Waals surface area contributed by atoms with Crippen LogP contribution < -0.4 is 11.5 Å². The average Bonchev–Trinajstić information content (AvgIpc) is 3.14. The van der Waals surface area contributed by atoms with Gasteiger partial charge in [0.25, 0.3) is 0 Å². The molecule has 3 aliphatic carbocycles. The van der Waals surface area contributed by atoms with Gasteiger partial charge in [0.05, 0.1) is 12.1 Å². The van der Waals surface area contributed by atoms with E-state index in [2.05, 4.69) is 0 Å². The van der Waals surface area contributed by atoms with Crippen molar-refractivity contribution in [2.24, 2.45) is 11.5 Å². The third-order valence-electron chi connectivity index (χ3n) is 6.80. The quantitative estimate of drug-likeness (QED) is 0.696. The molecule has 2 aliphatic heterocycles. The SMILES string of the molecule is NC1[C@H]2OC3(CCCCC3)O[C@H]2C(N)[C@@H]2OC3(CCCCC3)O[C@@H]12. The molecule has 0 aromatic heterocycles. The molecule has 0 amide bonds. The molecular weight excluding hydrogens is 308 g/mol. The van der Waals surface area contributed by atoms with Crippen LogP contribution in [-0.4, -0.2) is 48.1 Å². The Kier molecular flexibility index (Phi) is 3.75. The molecule has 4 N–H and O–H groups in total. The Morgan fingerprint density at radius 1 is 0.500 bits per heavy atom. The van der Waals surface area contributed by atoms with E-state index in [-0.39, 0.29) is 36.5 Å². The number of ether oxygens (including phenoxy) is 4. The maximum absolute atomic E-state index is 6.58. The summed E-state index contributed by atoms with van der Waals surface area (Å²) in [6.45, 7) is 0. The van der Waals surface area contributed by atoms with Crippen LogP contribution in [0.15, 0.2) is 0 Å². The Labute approximate surface area is 143 Å². The number of rotatable bonds is 0. The minimum absolute atomic E-state index is 0.179. The second-order valence-electron chi connectivity index (χ2n) is 8.43. The number of fused-ring (bicyclic) bond motifs is 2. The van der Waals surface area contributed by atoms with Crippen LogP contribution in [0.1, 0.15) is 64.2 Å². The van der Waals surface area contributed by atoms with Crippen molar-refractivity contribution in [2.75, 3.05) is 0 Å². The van der Waals surface area contributed by atoms with Gasteiger partial charge in [0, 0.05) is 25.7 Å². The zero-order chi connectivity index (χ0) is 16.4. The molecule has 2 spiro atoms. The van der Waals surface area contributed by atoms with Gasteiger partial charge in [-0.25, -0.2) is 0 Å². The minimum Gasteiger partial charge on any atom is -0.342 e. The van der Waals surface area contributed by atoms with Crippen molar-refractivity contribution in [3.05, 3.63) is 0 Å². The fraction of sp³-hybridized carbons (Fsp3) is 1.00. The summed E-state index contributed by atoms with van der Waals surface area (Å²) >= 11 is 0. The van der Waals surface area contributed by atoms with Crippen LogP contribution in [0.3, 0.4) is 0 Å². The Balaban J connectivity index is 1.38. The van der Waals surface area contributed by atoms with E-state index in [1.165, 1.54) is 12.8 Å². The molecular formula is C18H30N2O4. The topological polar surface area (TPSA) is 89.0 Å². The molecule has 3 saturated carbocycles. The van der Waals surface area contributed by atoms with Gasteiger partial charge < -0.3 is 30.4 Å². The lowest BCUT2D eigenvalue weighted by atomic mass is 9.82. The minimum atomic E-state index is -0.468. The van der Waals surface area contributed by atoms with Gasteiger partial charge in [0.1, 0.15) is 24.4 Å². The zero-order valence-corrected chi connectivity index (χ0v) is 14.3. The summed E-state index contributed by atoms with van der Waals surface area (Å²) in [5, 5.41) is 0. The van der Waals surface area contributed by atoms with E-state index >= 15 is 0 Å². The first kappa shape index (κ1) is 16.0. The Morgan fingerprint density at radius 3 is 1.08 bits per heavy atom. The van der Waals surface area contributed by atoms with Gasteiger partial charge in [0.2, 0.25) is 0 Å². The summed E-state index contributed by atoms with van der Waals surface area (Å²) < 4.78 is 25.6. The van der Waals surface area contributed by atoms with Crippen molar-refractivity contribution in [3.8, 4) is 0 Å². The van der Waals surface area contributed by atoms with Crippen molar-refractivity contribution >= 4 is 0 Å². The summed E-state index contributed by atoms with van der Waals surface area (Å²) in [6.07, 6.45) is 10.2. The largest absolute Gasteiger partial charge is 0.342 e. The first-order valence-electron chi connectivity index (χ1n) is 9.84. The molecule has 6 atom stereocenters. The molecule has 0 radical (unpaired) electrons. The van der Waals surface area contributed by atoms with Gasteiger partial charge in [-0.3, -0.25) is 0 Å². The lowest BCUT2D eigenvalue weighted by molar-refractivity contribution is -0.211. The third-order valence-corrected chi connectivity index (χ3v) is 6.80. The normalized spacial score (nSPS) is 49.2. The van der Waals surface area contributed by atoms with Crippen LogP contribution in [0, 0.1) is 0 Å². The summed E-state index contributed by atoms with van der Waals surface area (Å²) in [5.41, 5.74) is 13.2. The highest BCUT2D eigenvalue weighted by Gasteiger charge is 2.64. The summed E-state index contributed by atoms with van der Waals surface area (Å²) in [7, 11) is 0. The number of hydrogen-bond acceptors (Lipinski definition) is 6. The van der Waals surface area contributed by atoms with Crippen LogP contribution in [0.25, 0.3) is 0 Å². The van der Waals surface area contributed by atoms with Crippen molar-refractivity contribution in [1.82, 2.24) is 0 Å². The van der Waals surface area contributed by atoms with Crippen molar-refractivity contribution in [2.45, 2.75) is 112 Å². The van der Waals surface area contributed by atoms with Crippen LogP contribution in [-0.2, 0) is 18.9 Å². The molecule has 24 heavy (non-hydrogen) atoms. The van der Waals surface area contributed by atoms with Gasteiger partial charge >= 0.3 is 0 Å².